The molecule has 0 bridgehead atoms. The van der Waals surface area contributed by atoms with Crippen molar-refractivity contribution in [2.45, 2.75) is 205 Å². The van der Waals surface area contributed by atoms with E-state index >= 15 is 0 Å². The van der Waals surface area contributed by atoms with Crippen molar-refractivity contribution in [2.24, 2.45) is 0 Å². The van der Waals surface area contributed by atoms with Crippen molar-refractivity contribution in [3.8, 4) is 0 Å². The molecule has 0 saturated carbocycles. The van der Waals surface area contributed by atoms with E-state index in [1.54, 1.807) is 12.2 Å². The van der Waals surface area contributed by atoms with Crippen LogP contribution in [0.1, 0.15) is 168 Å². The highest BCUT2D eigenvalue weighted by Crippen LogP contribution is 2.22. The number of hydrogen-bond acceptors (Lipinski definition) is 10. The van der Waals surface area contributed by atoms with Crippen molar-refractivity contribution in [3.63, 3.8) is 0 Å². The van der Waals surface area contributed by atoms with Crippen LogP contribution in [0.25, 0.3) is 0 Å². The minimum absolute atomic E-state index is 0.182. The lowest BCUT2D eigenvalue weighted by Gasteiger charge is -2.39. The Bertz CT molecular complexity index is 1110. The predicted molar refractivity (Wildman–Crippen MR) is 228 cm³/mol. The summed E-state index contributed by atoms with van der Waals surface area (Å²) in [4.78, 5) is 25.2. The first kappa shape index (κ1) is 52.4. The van der Waals surface area contributed by atoms with Gasteiger partial charge in [-0.3, -0.25) is 4.79 Å². The zero-order valence-electron chi connectivity index (χ0n) is 35.6. The van der Waals surface area contributed by atoms with Crippen LogP contribution in [0.15, 0.2) is 60.8 Å². The van der Waals surface area contributed by atoms with Gasteiger partial charge in [0.05, 0.1) is 13.2 Å². The average Bonchev–Trinajstić information content (AvgIpc) is 3.21. The SMILES string of the molecule is CCCCCCCC/C=C/C/C=C/C/C=C/CCCC(=O)OC[C@@H](CO[C@H]1O[C@@H](CO)[C@@H](O)C(O)C1O)OC(=O)/C=C/C=C/CCCCCCCCCCCCC. The van der Waals surface area contributed by atoms with E-state index in [4.69, 9.17) is 18.9 Å². The fraction of sp³-hybridized carbons (Fsp3) is 0.745. The van der Waals surface area contributed by atoms with Crippen LogP contribution in [0.2, 0.25) is 0 Å². The number of rotatable bonds is 36. The maximum absolute atomic E-state index is 12.6. The minimum Gasteiger partial charge on any atom is -0.462 e. The number of aliphatic hydroxyl groups is 4. The molecule has 0 spiro atoms. The number of carbonyl (C=O) groups is 2. The first-order chi connectivity index (χ1) is 27.8. The van der Waals surface area contributed by atoms with Crippen molar-refractivity contribution in [3.05, 3.63) is 60.8 Å². The molecule has 1 rings (SSSR count). The van der Waals surface area contributed by atoms with Gasteiger partial charge in [0.1, 0.15) is 31.0 Å². The van der Waals surface area contributed by atoms with E-state index < -0.39 is 55.4 Å². The minimum atomic E-state index is -1.62. The number of allylic oxidation sites excluding steroid dienone is 9. The van der Waals surface area contributed by atoms with E-state index in [9.17, 15) is 30.0 Å². The van der Waals surface area contributed by atoms with Crippen LogP contribution >= 0.6 is 0 Å². The molecule has 0 aliphatic carbocycles. The Morgan fingerprint density at radius 1 is 0.596 bits per heavy atom. The maximum atomic E-state index is 12.6. The third-order valence-corrected chi connectivity index (χ3v) is 9.98. The van der Waals surface area contributed by atoms with Crippen molar-refractivity contribution < 1.29 is 49.0 Å². The van der Waals surface area contributed by atoms with Gasteiger partial charge in [-0.25, -0.2) is 4.79 Å². The molecular weight excluding hydrogens is 725 g/mol. The van der Waals surface area contributed by atoms with Gasteiger partial charge < -0.3 is 39.4 Å². The van der Waals surface area contributed by atoms with E-state index in [0.717, 1.165) is 38.5 Å². The molecule has 10 nitrogen and oxygen atoms in total. The lowest BCUT2D eigenvalue weighted by molar-refractivity contribution is -0.305. The molecular formula is C47H80O10. The van der Waals surface area contributed by atoms with Crippen molar-refractivity contribution in [1.82, 2.24) is 0 Å². The second-order valence-electron chi connectivity index (χ2n) is 15.2. The Morgan fingerprint density at radius 2 is 1.11 bits per heavy atom. The van der Waals surface area contributed by atoms with Crippen molar-refractivity contribution in [2.75, 3.05) is 19.8 Å². The lowest BCUT2D eigenvalue weighted by atomic mass is 9.99. The van der Waals surface area contributed by atoms with Crippen molar-refractivity contribution in [1.29, 1.82) is 0 Å². The summed E-state index contributed by atoms with van der Waals surface area (Å²) in [5.74, 6) is -1.12. The molecule has 2 unspecified atom stereocenters. The lowest BCUT2D eigenvalue weighted by Crippen LogP contribution is -2.59. The number of hydrogen-bond donors (Lipinski definition) is 4. The van der Waals surface area contributed by atoms with E-state index in [2.05, 4.69) is 44.2 Å². The molecule has 1 fully saturated rings. The van der Waals surface area contributed by atoms with Gasteiger partial charge in [0.2, 0.25) is 0 Å². The molecule has 0 aromatic heterocycles. The Morgan fingerprint density at radius 3 is 1.67 bits per heavy atom. The van der Waals surface area contributed by atoms with Gasteiger partial charge in [-0.2, -0.15) is 0 Å². The normalized spacial score (nSPS) is 20.8. The van der Waals surface area contributed by atoms with Crippen LogP contribution in [-0.2, 0) is 28.5 Å². The quantitative estimate of drug-likeness (QED) is 0.0159. The second-order valence-corrected chi connectivity index (χ2v) is 15.2. The zero-order valence-corrected chi connectivity index (χ0v) is 35.6. The van der Waals surface area contributed by atoms with Crippen LogP contribution in [0, 0.1) is 0 Å². The molecule has 57 heavy (non-hydrogen) atoms. The van der Waals surface area contributed by atoms with Crippen molar-refractivity contribution >= 4 is 11.9 Å². The Hall–Kier alpha value is -2.60. The summed E-state index contributed by atoms with van der Waals surface area (Å²) in [5.41, 5.74) is 0. The third kappa shape index (κ3) is 29.3. The molecule has 0 amide bonds. The molecule has 1 heterocycles. The summed E-state index contributed by atoms with van der Waals surface area (Å²) in [7, 11) is 0. The fourth-order valence-corrected chi connectivity index (χ4v) is 6.40. The first-order valence-corrected chi connectivity index (χ1v) is 22.4. The molecule has 0 radical (unpaired) electrons. The van der Waals surface area contributed by atoms with E-state index in [1.807, 2.05) is 12.2 Å². The summed E-state index contributed by atoms with van der Waals surface area (Å²) >= 11 is 0. The third-order valence-electron chi connectivity index (χ3n) is 9.98. The van der Waals surface area contributed by atoms with Crippen LogP contribution < -0.4 is 0 Å². The predicted octanol–water partition coefficient (Wildman–Crippen LogP) is 9.44. The van der Waals surface area contributed by atoms with Crippen LogP contribution in [-0.4, -0.2) is 89.0 Å². The smallest absolute Gasteiger partial charge is 0.331 e. The number of esters is 2. The maximum Gasteiger partial charge on any atom is 0.331 e. The largest absolute Gasteiger partial charge is 0.462 e. The molecule has 1 aliphatic rings. The summed E-state index contributed by atoms with van der Waals surface area (Å²) < 4.78 is 21.9. The molecule has 10 heteroatoms. The standard InChI is InChI=1S/C47H80O10/c1-3-5-7-9-11-13-15-17-19-20-22-23-25-27-29-31-33-35-42(49)54-38-40(39-55-47-46(53)45(52)44(51)41(37-48)57-47)56-43(50)36-34-32-30-28-26-24-21-18-16-14-12-10-8-6-4-2/h17,19,22-23,27,29-30,32,34,36,40-41,44-48,51-53H,3-16,18,20-21,24-26,28,31,33,35,37-39H2,1-2H3/b19-17+,23-22+,29-27+,32-30+,36-34+/t40-,41-,44+,45?,46?,47-/m0/s1. The van der Waals surface area contributed by atoms with Gasteiger partial charge in [-0.05, 0) is 51.4 Å². The summed E-state index contributed by atoms with van der Waals surface area (Å²) in [6.07, 6.45) is 38.6. The van der Waals surface area contributed by atoms with Crippen LogP contribution in [0.4, 0.5) is 0 Å². The highest BCUT2D eigenvalue weighted by atomic mass is 16.7. The number of aliphatic hydroxyl groups excluding tert-OH is 4. The van der Waals surface area contributed by atoms with Gasteiger partial charge in [0.25, 0.3) is 0 Å². The molecule has 4 N–H and O–H groups in total. The molecule has 0 aromatic rings. The van der Waals surface area contributed by atoms with Gasteiger partial charge in [0.15, 0.2) is 12.4 Å². The van der Waals surface area contributed by atoms with E-state index in [0.29, 0.717) is 6.42 Å². The number of carbonyl (C=O) groups excluding carboxylic acids is 2. The second kappa shape index (κ2) is 37.7. The van der Waals surface area contributed by atoms with Crippen LogP contribution in [0.3, 0.4) is 0 Å². The Labute approximate surface area is 345 Å². The molecule has 0 aromatic carbocycles. The average molecular weight is 805 g/mol. The Kier molecular flexibility index (Phi) is 34.6. The number of ether oxygens (including phenoxy) is 4. The summed E-state index contributed by atoms with van der Waals surface area (Å²) in [6.45, 7) is 3.25. The fourth-order valence-electron chi connectivity index (χ4n) is 6.40. The topological polar surface area (TPSA) is 152 Å². The van der Waals surface area contributed by atoms with Crippen LogP contribution in [0.5, 0.6) is 0 Å². The molecule has 6 atom stereocenters. The van der Waals surface area contributed by atoms with E-state index in [1.165, 1.54) is 109 Å². The summed E-state index contributed by atoms with van der Waals surface area (Å²) in [5, 5.41) is 40.0. The van der Waals surface area contributed by atoms with Gasteiger partial charge in [0, 0.05) is 12.5 Å². The zero-order chi connectivity index (χ0) is 41.6. The van der Waals surface area contributed by atoms with Gasteiger partial charge in [-0.1, -0.05) is 165 Å². The highest BCUT2D eigenvalue weighted by Gasteiger charge is 2.44. The van der Waals surface area contributed by atoms with E-state index in [-0.39, 0.29) is 19.6 Å². The first-order valence-electron chi connectivity index (χ1n) is 22.4. The molecule has 328 valence electrons. The molecule has 1 saturated heterocycles. The molecule has 1 aliphatic heterocycles. The summed E-state index contributed by atoms with van der Waals surface area (Å²) in [6, 6.07) is 0. The van der Waals surface area contributed by atoms with Gasteiger partial charge in [-0.15, -0.1) is 0 Å². The van der Waals surface area contributed by atoms with Gasteiger partial charge >= 0.3 is 11.9 Å². The number of unbranched alkanes of at least 4 members (excludes halogenated alkanes) is 18. The highest BCUT2D eigenvalue weighted by molar-refractivity contribution is 5.82. The monoisotopic (exact) mass is 805 g/mol. The Balaban J connectivity index is 2.43.